The zero-order chi connectivity index (χ0) is 17.1. The Kier molecular flexibility index (Phi) is 2.90. The summed E-state index contributed by atoms with van der Waals surface area (Å²) in [5.74, 6) is 0.633. The molecule has 120 valence electrons. The minimum absolute atomic E-state index is 0.146. The van der Waals surface area contributed by atoms with Gasteiger partial charge >= 0.3 is 0 Å². The van der Waals surface area contributed by atoms with Gasteiger partial charge in [-0.3, -0.25) is 4.79 Å². The van der Waals surface area contributed by atoms with Crippen LogP contribution in [-0.2, 0) is 0 Å². The Balaban J connectivity index is 1.76. The highest BCUT2D eigenvalue weighted by Gasteiger charge is 2.42. The average Bonchev–Trinajstić information content (AvgIpc) is 2.93. The molecule has 0 aromatic heterocycles. The molecule has 1 aromatic rings. The van der Waals surface area contributed by atoms with Gasteiger partial charge in [0.05, 0.1) is 0 Å². The number of Topliss-reactive ketones (excluding diaryl/α,β-unsaturated/α-hetero) is 1. The summed E-state index contributed by atoms with van der Waals surface area (Å²) in [6.45, 7) is 6.38. The summed E-state index contributed by atoms with van der Waals surface area (Å²) < 4.78 is 0. The van der Waals surface area contributed by atoms with Crippen LogP contribution in [0.3, 0.4) is 0 Å². The molecule has 0 N–H and O–H groups in total. The second kappa shape index (κ2) is 5.03. The van der Waals surface area contributed by atoms with Crippen LogP contribution in [0.25, 0.3) is 5.57 Å². The second-order valence-electron chi connectivity index (χ2n) is 6.94. The van der Waals surface area contributed by atoms with Crippen LogP contribution in [0.5, 0.6) is 0 Å². The first-order valence-corrected chi connectivity index (χ1v) is 8.72. The Morgan fingerprint density at radius 2 is 1.76 bits per heavy atom. The first-order chi connectivity index (χ1) is 12.2. The molecule has 0 aliphatic heterocycles. The van der Waals surface area contributed by atoms with Crippen LogP contribution >= 0.6 is 0 Å². The van der Waals surface area contributed by atoms with Gasteiger partial charge in [-0.05, 0) is 46.4 Å². The molecule has 1 nitrogen and oxygen atoms in total. The molecule has 5 rings (SSSR count). The van der Waals surface area contributed by atoms with E-state index in [-0.39, 0.29) is 17.6 Å². The zero-order valence-corrected chi connectivity index (χ0v) is 14.1. The van der Waals surface area contributed by atoms with Crippen molar-refractivity contribution in [2.75, 3.05) is 0 Å². The molecule has 2 unspecified atom stereocenters. The Morgan fingerprint density at radius 1 is 1.00 bits per heavy atom. The minimum atomic E-state index is 0.146. The van der Waals surface area contributed by atoms with Crippen molar-refractivity contribution < 1.29 is 4.79 Å². The molecule has 0 heterocycles. The molecule has 0 amide bonds. The lowest BCUT2D eigenvalue weighted by Crippen LogP contribution is -2.28. The summed E-state index contributed by atoms with van der Waals surface area (Å²) in [4.78, 5) is 12.9. The molecule has 1 heteroatoms. The van der Waals surface area contributed by atoms with Gasteiger partial charge in [0.25, 0.3) is 0 Å². The first kappa shape index (κ1) is 14.4. The number of rotatable bonds is 0. The number of carbonyl (C=O) groups is 1. The highest BCUT2D eigenvalue weighted by molar-refractivity contribution is 6.25. The molecule has 2 atom stereocenters. The van der Waals surface area contributed by atoms with E-state index in [0.717, 1.165) is 27.8 Å². The van der Waals surface area contributed by atoms with Gasteiger partial charge in [0, 0.05) is 23.0 Å². The van der Waals surface area contributed by atoms with Crippen LogP contribution in [0.15, 0.2) is 101 Å². The third kappa shape index (κ3) is 1.81. The topological polar surface area (TPSA) is 17.1 Å². The van der Waals surface area contributed by atoms with Crippen LogP contribution in [0.4, 0.5) is 0 Å². The molecule has 1 aromatic carbocycles. The van der Waals surface area contributed by atoms with Gasteiger partial charge in [-0.25, -0.2) is 0 Å². The fourth-order valence-corrected chi connectivity index (χ4v) is 4.65. The second-order valence-corrected chi connectivity index (χ2v) is 6.94. The SMILES string of the molecule is C=C1C=CC=C2C=CC3=CC4=C(/C(=C/C)C3C12)c1ccccc1C4=O. The van der Waals surface area contributed by atoms with Crippen LogP contribution < -0.4 is 0 Å². The van der Waals surface area contributed by atoms with Gasteiger partial charge in [0.15, 0.2) is 5.78 Å². The lowest BCUT2D eigenvalue weighted by atomic mass is 9.64. The van der Waals surface area contributed by atoms with Crippen LogP contribution in [0, 0.1) is 11.8 Å². The molecule has 0 saturated carbocycles. The van der Waals surface area contributed by atoms with E-state index in [2.05, 4.69) is 62.1 Å². The van der Waals surface area contributed by atoms with Crippen molar-refractivity contribution in [2.45, 2.75) is 6.92 Å². The van der Waals surface area contributed by atoms with E-state index >= 15 is 0 Å². The van der Waals surface area contributed by atoms with Crippen molar-refractivity contribution in [2.24, 2.45) is 11.8 Å². The van der Waals surface area contributed by atoms with Crippen molar-refractivity contribution in [1.82, 2.24) is 0 Å². The van der Waals surface area contributed by atoms with Crippen molar-refractivity contribution in [3.8, 4) is 0 Å². The maximum Gasteiger partial charge on any atom is 0.194 e. The fraction of sp³-hybridized carbons (Fsp3) is 0.125. The summed E-state index contributed by atoms with van der Waals surface area (Å²) in [5.41, 5.74) is 8.76. The predicted octanol–water partition coefficient (Wildman–Crippen LogP) is 5.38. The summed E-state index contributed by atoms with van der Waals surface area (Å²) in [6, 6.07) is 7.97. The largest absolute Gasteiger partial charge is 0.289 e. The van der Waals surface area contributed by atoms with Crippen molar-refractivity contribution in [3.05, 3.63) is 112 Å². The number of allylic oxidation sites excluding steroid dienone is 13. The number of benzene rings is 1. The normalized spacial score (nSPS) is 27.6. The Labute approximate surface area is 147 Å². The first-order valence-electron chi connectivity index (χ1n) is 8.72. The predicted molar refractivity (Wildman–Crippen MR) is 102 cm³/mol. The maximum atomic E-state index is 12.9. The highest BCUT2D eigenvalue weighted by Crippen LogP contribution is 2.53. The molecular formula is C24H18O. The summed E-state index contributed by atoms with van der Waals surface area (Å²) in [6.07, 6.45) is 15.0. The molecule has 25 heavy (non-hydrogen) atoms. The lowest BCUT2D eigenvalue weighted by molar-refractivity contribution is 0.104. The molecule has 4 aliphatic rings. The maximum absolute atomic E-state index is 12.9. The van der Waals surface area contributed by atoms with E-state index in [1.807, 2.05) is 18.2 Å². The van der Waals surface area contributed by atoms with Gasteiger partial charge in [0.2, 0.25) is 0 Å². The monoisotopic (exact) mass is 322 g/mol. The molecule has 0 bridgehead atoms. The molecule has 0 fully saturated rings. The van der Waals surface area contributed by atoms with Gasteiger partial charge < -0.3 is 0 Å². The number of hydrogen-bond acceptors (Lipinski definition) is 1. The quantitative estimate of drug-likeness (QED) is 0.627. The van der Waals surface area contributed by atoms with Crippen LogP contribution in [0.1, 0.15) is 22.8 Å². The van der Waals surface area contributed by atoms with Crippen LogP contribution in [0.2, 0.25) is 0 Å². The fourth-order valence-electron chi connectivity index (χ4n) is 4.65. The summed E-state index contributed by atoms with van der Waals surface area (Å²) in [7, 11) is 0. The zero-order valence-electron chi connectivity index (χ0n) is 14.1. The minimum Gasteiger partial charge on any atom is -0.289 e. The number of hydrogen-bond donors (Lipinski definition) is 0. The van der Waals surface area contributed by atoms with Crippen LogP contribution in [-0.4, -0.2) is 5.78 Å². The Morgan fingerprint density at radius 3 is 2.56 bits per heavy atom. The van der Waals surface area contributed by atoms with E-state index in [9.17, 15) is 4.79 Å². The molecule has 0 saturated heterocycles. The van der Waals surface area contributed by atoms with Gasteiger partial charge in [-0.1, -0.05) is 67.3 Å². The van der Waals surface area contributed by atoms with E-state index < -0.39 is 0 Å². The number of ketones is 1. The Hall–Kier alpha value is -2.93. The lowest BCUT2D eigenvalue weighted by Gasteiger charge is -2.39. The number of carbonyl (C=O) groups excluding carboxylic acids is 1. The van der Waals surface area contributed by atoms with Gasteiger partial charge in [-0.15, -0.1) is 0 Å². The van der Waals surface area contributed by atoms with Gasteiger partial charge in [-0.2, -0.15) is 0 Å². The molecule has 0 spiro atoms. The van der Waals surface area contributed by atoms with E-state index in [1.165, 1.54) is 16.7 Å². The van der Waals surface area contributed by atoms with Crippen molar-refractivity contribution in [1.29, 1.82) is 0 Å². The standard InChI is InChI=1S/C24H18O/c1-3-17-22-16(12-11-15-8-6-7-14(2)21(15)22)13-20-23(17)18-9-4-5-10-19(18)24(20)25/h3-13,21-22H,2H2,1H3/b17-3+. The Bertz CT molecular complexity index is 1030. The summed E-state index contributed by atoms with van der Waals surface area (Å²) in [5, 5.41) is 0. The van der Waals surface area contributed by atoms with E-state index in [4.69, 9.17) is 0 Å². The van der Waals surface area contributed by atoms with Crippen molar-refractivity contribution in [3.63, 3.8) is 0 Å². The summed E-state index contributed by atoms with van der Waals surface area (Å²) >= 11 is 0. The van der Waals surface area contributed by atoms with E-state index in [0.29, 0.717) is 0 Å². The third-order valence-electron chi connectivity index (χ3n) is 5.72. The molecule has 0 radical (unpaired) electrons. The smallest absolute Gasteiger partial charge is 0.194 e. The molecular weight excluding hydrogens is 304 g/mol. The number of fused-ring (bicyclic) bond motifs is 5. The molecule has 4 aliphatic carbocycles. The van der Waals surface area contributed by atoms with E-state index in [1.54, 1.807) is 0 Å². The average molecular weight is 322 g/mol. The highest BCUT2D eigenvalue weighted by atomic mass is 16.1. The van der Waals surface area contributed by atoms with Crippen molar-refractivity contribution >= 4 is 11.4 Å². The van der Waals surface area contributed by atoms with Gasteiger partial charge in [0.1, 0.15) is 0 Å². The third-order valence-corrected chi connectivity index (χ3v) is 5.72.